The van der Waals surface area contributed by atoms with E-state index in [-0.39, 0.29) is 46.2 Å². The fourth-order valence-corrected chi connectivity index (χ4v) is 6.45. The third-order valence-corrected chi connectivity index (χ3v) is 8.55. The van der Waals surface area contributed by atoms with Crippen LogP contribution >= 0.6 is 11.6 Å². The first kappa shape index (κ1) is 28.8. The van der Waals surface area contributed by atoms with Crippen molar-refractivity contribution >= 4 is 45.0 Å². The minimum Gasteiger partial charge on any atom is -0.484 e. The lowest BCUT2D eigenvalue weighted by Gasteiger charge is -2.36. The number of anilines is 2. The number of rotatable bonds is 6. The second-order valence-corrected chi connectivity index (χ2v) is 11.8. The molecule has 2 aliphatic heterocycles. The van der Waals surface area contributed by atoms with E-state index < -0.39 is 34.0 Å². The standard InChI is InChI=1S/C23H27ClF3N5O6S/c1-13(33)28-11-15-12-32(39(35,36)19-16-6-4-5-9-31(16)30-20(19)24)17-10-14(7-8-18(17)37-15)29-21(34)38-22(2,3)23(25,26)27/h7-8,10,15H,4-6,9,11-12H2,1-3H3,(H,28,33)(H,29,34)/t15-/m0/s1. The zero-order valence-corrected chi connectivity index (χ0v) is 22.8. The quantitative estimate of drug-likeness (QED) is 0.520. The lowest BCUT2D eigenvalue weighted by molar-refractivity contribution is -0.242. The number of carbonyl (C=O) groups excluding carboxylic acids is 2. The molecule has 0 radical (unpaired) electrons. The minimum absolute atomic E-state index is 0.000499. The highest BCUT2D eigenvalue weighted by atomic mass is 35.5. The molecule has 0 saturated carbocycles. The molecule has 2 amide bonds. The molecule has 16 heteroatoms. The van der Waals surface area contributed by atoms with Crippen LogP contribution in [0.25, 0.3) is 0 Å². The lowest BCUT2D eigenvalue weighted by atomic mass is 10.1. The third kappa shape index (κ3) is 5.88. The summed E-state index contributed by atoms with van der Waals surface area (Å²) in [6, 6.07) is 3.92. The maximum absolute atomic E-state index is 14.0. The van der Waals surface area contributed by atoms with Gasteiger partial charge in [-0.15, -0.1) is 0 Å². The first-order chi connectivity index (χ1) is 18.1. The number of sulfonamides is 1. The van der Waals surface area contributed by atoms with Crippen molar-refractivity contribution in [2.24, 2.45) is 0 Å². The number of fused-ring (bicyclic) bond motifs is 2. The Morgan fingerprint density at radius 1 is 1.26 bits per heavy atom. The van der Waals surface area contributed by atoms with Crippen molar-refractivity contribution in [1.82, 2.24) is 15.1 Å². The molecule has 11 nitrogen and oxygen atoms in total. The summed E-state index contributed by atoms with van der Waals surface area (Å²) in [7, 11) is -4.34. The zero-order chi connectivity index (χ0) is 28.8. The van der Waals surface area contributed by atoms with Crippen LogP contribution in [0, 0.1) is 0 Å². The minimum atomic E-state index is -4.81. The Kier molecular flexibility index (Phi) is 7.69. The number of ether oxygens (including phenoxy) is 2. The van der Waals surface area contributed by atoms with Gasteiger partial charge in [0.2, 0.25) is 11.5 Å². The topological polar surface area (TPSA) is 132 Å². The van der Waals surface area contributed by atoms with Gasteiger partial charge in [-0.2, -0.15) is 18.3 Å². The summed E-state index contributed by atoms with van der Waals surface area (Å²) in [5.41, 5.74) is -2.33. The van der Waals surface area contributed by atoms with Gasteiger partial charge in [0, 0.05) is 19.2 Å². The van der Waals surface area contributed by atoms with Gasteiger partial charge in [-0.25, -0.2) is 13.2 Å². The van der Waals surface area contributed by atoms with Gasteiger partial charge in [0.05, 0.1) is 24.5 Å². The van der Waals surface area contributed by atoms with Gasteiger partial charge in [0.15, 0.2) is 5.15 Å². The van der Waals surface area contributed by atoms with Gasteiger partial charge in [-0.1, -0.05) is 11.6 Å². The van der Waals surface area contributed by atoms with E-state index >= 15 is 0 Å². The molecule has 3 heterocycles. The van der Waals surface area contributed by atoms with Crippen molar-refractivity contribution in [3.8, 4) is 5.75 Å². The van der Waals surface area contributed by atoms with Crippen LogP contribution in [-0.4, -0.2) is 61.2 Å². The summed E-state index contributed by atoms with van der Waals surface area (Å²) in [4.78, 5) is 23.6. The van der Waals surface area contributed by atoms with Crippen LogP contribution in [0.15, 0.2) is 23.1 Å². The monoisotopic (exact) mass is 593 g/mol. The number of aryl methyl sites for hydroxylation is 1. The SMILES string of the molecule is CC(=O)NC[C@H]1CN(S(=O)(=O)c2c(Cl)nn3c2CCCC3)c2cc(NC(=O)OC(C)(C)C(F)(F)F)ccc2O1. The highest BCUT2D eigenvalue weighted by molar-refractivity contribution is 7.93. The van der Waals surface area contributed by atoms with E-state index in [9.17, 15) is 31.2 Å². The van der Waals surface area contributed by atoms with Crippen molar-refractivity contribution < 1.29 is 40.7 Å². The van der Waals surface area contributed by atoms with E-state index in [0.29, 0.717) is 32.5 Å². The first-order valence-corrected chi connectivity index (χ1v) is 13.8. The lowest BCUT2D eigenvalue weighted by Crippen LogP contribution is -2.48. The molecule has 2 N–H and O–H groups in total. The van der Waals surface area contributed by atoms with E-state index in [1.807, 2.05) is 0 Å². The highest BCUT2D eigenvalue weighted by Crippen LogP contribution is 2.41. The van der Waals surface area contributed by atoms with Crippen molar-refractivity contribution in [2.45, 2.75) is 69.4 Å². The molecule has 0 fully saturated rings. The van der Waals surface area contributed by atoms with Gasteiger partial charge < -0.3 is 14.8 Å². The molecule has 0 spiro atoms. The number of hydrogen-bond acceptors (Lipinski definition) is 7. The van der Waals surface area contributed by atoms with E-state index in [1.165, 1.54) is 25.1 Å². The normalized spacial score (nSPS) is 17.5. The zero-order valence-electron chi connectivity index (χ0n) is 21.3. The van der Waals surface area contributed by atoms with Crippen LogP contribution in [-0.2, 0) is 32.5 Å². The summed E-state index contributed by atoms with van der Waals surface area (Å²) >= 11 is 6.31. The number of benzene rings is 1. The van der Waals surface area contributed by atoms with Gasteiger partial charge in [-0.3, -0.25) is 19.1 Å². The summed E-state index contributed by atoms with van der Waals surface area (Å²) in [6.07, 6.45) is -4.96. The number of nitrogens with one attached hydrogen (secondary N) is 2. The van der Waals surface area contributed by atoms with Crippen LogP contribution in [0.4, 0.5) is 29.3 Å². The van der Waals surface area contributed by atoms with Crippen molar-refractivity contribution in [2.75, 3.05) is 22.7 Å². The Morgan fingerprint density at radius 2 is 1.97 bits per heavy atom. The fraction of sp³-hybridized carbons (Fsp3) is 0.522. The Labute approximate surface area is 227 Å². The molecule has 0 saturated heterocycles. The van der Waals surface area contributed by atoms with Crippen LogP contribution in [0.5, 0.6) is 5.75 Å². The summed E-state index contributed by atoms with van der Waals surface area (Å²) < 4.78 is 80.5. The second kappa shape index (κ2) is 10.4. The van der Waals surface area contributed by atoms with Crippen LogP contribution in [0.3, 0.4) is 0 Å². The predicted molar refractivity (Wildman–Crippen MR) is 134 cm³/mol. The van der Waals surface area contributed by atoms with Crippen molar-refractivity contribution in [1.29, 1.82) is 0 Å². The molecule has 1 aromatic heterocycles. The molecule has 214 valence electrons. The molecule has 1 atom stereocenters. The van der Waals surface area contributed by atoms with Crippen molar-refractivity contribution in [3.63, 3.8) is 0 Å². The second-order valence-electron chi connectivity index (χ2n) is 9.67. The molecule has 39 heavy (non-hydrogen) atoms. The molecule has 0 unspecified atom stereocenters. The number of hydrogen-bond donors (Lipinski definition) is 2. The first-order valence-electron chi connectivity index (χ1n) is 12.0. The molecule has 2 aromatic rings. The predicted octanol–water partition coefficient (Wildman–Crippen LogP) is 3.85. The molecular weight excluding hydrogens is 567 g/mol. The Hall–Kier alpha value is -3.20. The van der Waals surface area contributed by atoms with Crippen LogP contribution in [0.2, 0.25) is 5.15 Å². The number of carbonyl (C=O) groups is 2. The number of halogens is 4. The molecular formula is C23H27ClF3N5O6S. The van der Waals surface area contributed by atoms with Gasteiger partial charge in [0.1, 0.15) is 16.7 Å². The number of alkyl halides is 3. The molecule has 0 bridgehead atoms. The molecule has 0 aliphatic carbocycles. The average Bonchev–Trinajstić information content (AvgIpc) is 3.17. The maximum Gasteiger partial charge on any atom is 0.427 e. The fourth-order valence-electron chi connectivity index (χ4n) is 4.21. The molecule has 2 aliphatic rings. The van der Waals surface area contributed by atoms with Gasteiger partial charge in [0.25, 0.3) is 10.0 Å². The van der Waals surface area contributed by atoms with Crippen LogP contribution < -0.4 is 19.7 Å². The average molecular weight is 594 g/mol. The van der Waals surface area contributed by atoms with Crippen LogP contribution in [0.1, 0.15) is 39.3 Å². The maximum atomic E-state index is 14.0. The molecule has 1 aromatic carbocycles. The number of nitrogens with zero attached hydrogens (tertiary/aromatic N) is 3. The van der Waals surface area contributed by atoms with E-state index in [1.54, 1.807) is 4.68 Å². The summed E-state index contributed by atoms with van der Waals surface area (Å²) in [6.45, 7) is 2.99. The van der Waals surface area contributed by atoms with Crippen molar-refractivity contribution in [3.05, 3.63) is 29.0 Å². The number of aromatic nitrogens is 2. The highest BCUT2D eigenvalue weighted by Gasteiger charge is 2.51. The third-order valence-electron chi connectivity index (χ3n) is 6.30. The van der Waals surface area contributed by atoms with E-state index in [4.69, 9.17) is 16.3 Å². The Balaban J connectivity index is 1.70. The van der Waals surface area contributed by atoms with E-state index in [0.717, 1.165) is 17.1 Å². The Morgan fingerprint density at radius 3 is 2.64 bits per heavy atom. The van der Waals surface area contributed by atoms with E-state index in [2.05, 4.69) is 20.5 Å². The van der Waals surface area contributed by atoms with Gasteiger partial charge in [-0.05, 0) is 51.3 Å². The largest absolute Gasteiger partial charge is 0.484 e. The Bertz CT molecular complexity index is 1400. The summed E-state index contributed by atoms with van der Waals surface area (Å²) in [5.74, 6) is -0.237. The summed E-state index contributed by atoms with van der Waals surface area (Å²) in [5, 5.41) is 8.78. The molecule has 4 rings (SSSR count). The smallest absolute Gasteiger partial charge is 0.427 e. The van der Waals surface area contributed by atoms with Gasteiger partial charge >= 0.3 is 12.3 Å². The number of amides is 2.